The summed E-state index contributed by atoms with van der Waals surface area (Å²) < 4.78 is 19.8. The zero-order chi connectivity index (χ0) is 45.3. The molecule has 23 N–H and O–H groups in total. The highest BCUT2D eigenvalue weighted by atomic mass is 16.8. The summed E-state index contributed by atoms with van der Waals surface area (Å²) in [7, 11) is 1.00. The van der Waals surface area contributed by atoms with Crippen LogP contribution in [0.1, 0.15) is 6.92 Å². The minimum Gasteiger partial charge on any atom is -0.480 e. The molecule has 3 aliphatic rings. The van der Waals surface area contributed by atoms with Crippen molar-refractivity contribution in [3.63, 3.8) is 0 Å². The second-order valence-corrected chi connectivity index (χ2v) is 11.7. The molecule has 57 heavy (non-hydrogen) atoms. The zero-order valence-electron chi connectivity index (χ0n) is 30.7. The first-order chi connectivity index (χ1) is 26.6. The van der Waals surface area contributed by atoms with Gasteiger partial charge in [-0.25, -0.2) is 0 Å². The van der Waals surface area contributed by atoms with Crippen molar-refractivity contribution < 1.29 is 136 Å². The summed E-state index contributed by atoms with van der Waals surface area (Å²) in [6, 6.07) is 0. The van der Waals surface area contributed by atoms with Gasteiger partial charge in [-0.3, -0.25) is 4.79 Å². The molecule has 3 fully saturated rings. The molecular formula is C29H61NO27. The van der Waals surface area contributed by atoms with Crippen molar-refractivity contribution in [2.45, 2.75) is 123 Å². The molecule has 0 radical (unpaired) electrons. The lowest BCUT2D eigenvalue weighted by atomic mass is 9.99. The molecule has 3 aliphatic heterocycles. The summed E-state index contributed by atoms with van der Waals surface area (Å²) in [5.41, 5.74) is 4.57. The summed E-state index contributed by atoms with van der Waals surface area (Å²) in [5, 5.41) is 185. The van der Waals surface area contributed by atoms with Crippen LogP contribution in [0, 0.1) is 0 Å². The molecule has 0 spiro atoms. The van der Waals surface area contributed by atoms with Gasteiger partial charge in [0.25, 0.3) is 0 Å². The molecule has 28 nitrogen and oxygen atoms in total. The highest BCUT2D eigenvalue weighted by Crippen LogP contribution is 2.28. The first kappa shape index (κ1) is 59.5. The van der Waals surface area contributed by atoms with E-state index in [4.69, 9.17) is 95.9 Å². The fourth-order valence-electron chi connectivity index (χ4n) is 3.99. The molecule has 0 aliphatic carbocycles. The third kappa shape index (κ3) is 20.8. The van der Waals surface area contributed by atoms with Crippen LogP contribution in [-0.2, 0) is 28.5 Å². The number of hydrogen-bond donors (Lipinski definition) is 22. The van der Waals surface area contributed by atoms with E-state index in [1.54, 1.807) is 0 Å². The Morgan fingerprint density at radius 2 is 0.947 bits per heavy atom. The first-order valence-corrected chi connectivity index (χ1v) is 16.6. The molecule has 3 rings (SSSR count). The highest BCUT2D eigenvalue weighted by Gasteiger charge is 2.49. The third-order valence-corrected chi connectivity index (χ3v) is 7.34. The third-order valence-electron chi connectivity index (χ3n) is 7.34. The van der Waals surface area contributed by atoms with Gasteiger partial charge in [-0.1, -0.05) is 0 Å². The fourth-order valence-corrected chi connectivity index (χ4v) is 3.99. The van der Waals surface area contributed by atoms with E-state index in [0.29, 0.717) is 0 Å². The van der Waals surface area contributed by atoms with E-state index in [1.165, 1.54) is 6.92 Å². The Bertz CT molecular complexity index is 998. The van der Waals surface area contributed by atoms with Crippen molar-refractivity contribution in [1.29, 1.82) is 0 Å². The Morgan fingerprint density at radius 1 is 0.614 bits per heavy atom. The number of aliphatic carboxylic acids is 1. The summed E-state index contributed by atoms with van der Waals surface area (Å²) in [6.07, 6.45) is -27.2. The van der Waals surface area contributed by atoms with Crippen LogP contribution in [0.5, 0.6) is 0 Å². The minimum absolute atomic E-state index is 0.0258. The van der Waals surface area contributed by atoms with Gasteiger partial charge in [0.1, 0.15) is 91.6 Å². The van der Waals surface area contributed by atoms with Gasteiger partial charge in [0.2, 0.25) is 0 Å². The molecule has 0 saturated carbocycles. The van der Waals surface area contributed by atoms with E-state index in [-0.39, 0.29) is 19.4 Å². The largest absolute Gasteiger partial charge is 0.480 e. The van der Waals surface area contributed by atoms with E-state index >= 15 is 0 Å². The number of carbonyl (C=O) groups excluding carboxylic acids is 1. The molecule has 19 atom stereocenters. The average molecular weight is 856 g/mol. The van der Waals surface area contributed by atoms with E-state index in [0.717, 1.165) is 7.11 Å². The van der Waals surface area contributed by atoms with Crippen molar-refractivity contribution >= 4 is 12.3 Å². The van der Waals surface area contributed by atoms with Crippen LogP contribution >= 0.6 is 0 Å². The number of carboxylic acid groups (broad SMARTS) is 1. The number of aliphatic hydroxyl groups is 20. The van der Waals surface area contributed by atoms with Gasteiger partial charge in [-0.15, -0.1) is 0 Å². The Labute approximate surface area is 324 Å². The predicted octanol–water partition coefficient (Wildman–Crippen LogP) is -13.4. The van der Waals surface area contributed by atoms with Crippen LogP contribution in [-0.4, -0.2) is 283 Å². The number of hydrogen-bond acceptors (Lipinski definition) is 27. The van der Waals surface area contributed by atoms with Gasteiger partial charge < -0.3 is 137 Å². The van der Waals surface area contributed by atoms with E-state index in [1.807, 2.05) is 0 Å². The summed E-state index contributed by atoms with van der Waals surface area (Å²) in [5.74, 6) is -0.968. The van der Waals surface area contributed by atoms with Crippen LogP contribution in [0.15, 0.2) is 0 Å². The van der Waals surface area contributed by atoms with Crippen molar-refractivity contribution in [3.8, 4) is 0 Å². The van der Waals surface area contributed by atoms with Gasteiger partial charge in [-0.05, 0) is 6.92 Å². The fraction of sp³-hybridized carbons (Fsp3) is 0.931. The Hall–Kier alpha value is -1.86. The molecule has 6 unspecified atom stereocenters. The highest BCUT2D eigenvalue weighted by molar-refractivity contribution is 5.68. The predicted molar refractivity (Wildman–Crippen MR) is 179 cm³/mol. The quantitative estimate of drug-likeness (QED) is 0.0810. The lowest BCUT2D eigenvalue weighted by Crippen LogP contribution is -2.60. The van der Waals surface area contributed by atoms with Crippen LogP contribution in [0.25, 0.3) is 0 Å². The van der Waals surface area contributed by atoms with Crippen molar-refractivity contribution in [2.24, 2.45) is 5.73 Å². The molecule has 0 bridgehead atoms. The Balaban J connectivity index is -0.000000699. The zero-order valence-corrected chi connectivity index (χ0v) is 30.7. The molecule has 0 amide bonds. The van der Waals surface area contributed by atoms with Gasteiger partial charge in [0.15, 0.2) is 25.2 Å². The van der Waals surface area contributed by atoms with Crippen molar-refractivity contribution in [3.05, 3.63) is 0 Å². The molecule has 3 saturated heterocycles. The van der Waals surface area contributed by atoms with E-state index in [2.05, 4.69) is 10.5 Å². The SMILES string of the molecule is CC(O)CO.CO.NCC(=O)O.O=C[C@H](O)[C@H](O)[C@H](O)[C@H](O)CO.OCC1O[C@@H](O)C(O)[C@H](O)[C@H]1O.OCC1O[C@@H](O[C@@H]2O[C@H](CO)C(O)[C@H]2O)C(O)[C@H](O)[C@H]1O. The van der Waals surface area contributed by atoms with Crippen molar-refractivity contribution in [1.82, 2.24) is 0 Å². The lowest BCUT2D eigenvalue weighted by Gasteiger charge is -2.40. The summed E-state index contributed by atoms with van der Waals surface area (Å²) in [6.45, 7) is -1.35. The second-order valence-electron chi connectivity index (χ2n) is 11.7. The number of aldehydes is 1. The molecule has 0 aromatic heterocycles. The van der Waals surface area contributed by atoms with Crippen LogP contribution in [0.3, 0.4) is 0 Å². The van der Waals surface area contributed by atoms with E-state index < -0.39 is 149 Å². The van der Waals surface area contributed by atoms with Gasteiger partial charge in [0, 0.05) is 7.11 Å². The number of rotatable bonds is 12. The van der Waals surface area contributed by atoms with Crippen LogP contribution in [0.2, 0.25) is 0 Å². The minimum atomic E-state index is -1.79. The number of nitrogens with two attached hydrogens (primary N) is 1. The maximum absolute atomic E-state index is 9.90. The number of aliphatic hydroxyl groups excluding tert-OH is 20. The Kier molecular flexibility index (Phi) is 33.4. The van der Waals surface area contributed by atoms with Crippen molar-refractivity contribution in [2.75, 3.05) is 46.7 Å². The average Bonchev–Trinajstić information content (AvgIpc) is 3.49. The second kappa shape index (κ2) is 32.0. The number of ether oxygens (including phenoxy) is 4. The van der Waals surface area contributed by atoms with Crippen LogP contribution in [0.4, 0.5) is 0 Å². The molecule has 3 heterocycles. The summed E-state index contributed by atoms with van der Waals surface area (Å²) in [4.78, 5) is 19.1. The Morgan fingerprint density at radius 3 is 1.26 bits per heavy atom. The smallest absolute Gasteiger partial charge is 0.317 e. The van der Waals surface area contributed by atoms with Gasteiger partial charge in [0.05, 0.1) is 45.7 Å². The maximum Gasteiger partial charge on any atom is 0.317 e. The molecule has 28 heteroatoms. The normalized spacial score (nSPS) is 35.8. The molecule has 0 aromatic carbocycles. The summed E-state index contributed by atoms with van der Waals surface area (Å²) >= 11 is 0. The molecule has 344 valence electrons. The maximum atomic E-state index is 9.90. The lowest BCUT2D eigenvalue weighted by molar-refractivity contribution is -0.341. The number of carbonyl (C=O) groups is 2. The number of carboxylic acids is 1. The van der Waals surface area contributed by atoms with Crippen LogP contribution < -0.4 is 5.73 Å². The standard InChI is InChI=1S/C11H20O10.2C6H12O6.C3H8O2.C2H5NO2.CH4O/c12-1-3-5(14)7(16)9(18)11(19-3)21-10-8(17)6(15)4(2-13)20-10;7-1-2-3(8)4(9)5(10)6(11)12-2;7-1-3(9)5(11)6(12)4(10)2-8;1-3(5)2-4;3-1-2(4)5;1-2/h3-18H,1-2H2;2-11H,1H2;1,3-6,8-12H,2H2;3-5H,2H2,1H3;1,3H2,(H,4,5);2H,1H3/t3?,4-,5+,6?,7-,8-,9?,10+,11+;2?,3-,4+,5?,6+;3-,4+,5-,6+;;;/m100.../s1. The molecule has 0 aromatic rings. The first-order valence-electron chi connectivity index (χ1n) is 16.6. The van der Waals surface area contributed by atoms with Gasteiger partial charge >= 0.3 is 5.97 Å². The topological polar surface area (TPSA) is 522 Å². The van der Waals surface area contributed by atoms with E-state index in [9.17, 15) is 35.1 Å². The molecular weight excluding hydrogens is 794 g/mol. The van der Waals surface area contributed by atoms with Gasteiger partial charge in [-0.2, -0.15) is 0 Å². The monoisotopic (exact) mass is 855 g/mol.